The molecule has 0 unspecified atom stereocenters. The fraction of sp³-hybridized carbons (Fsp3) is 0.490. The van der Waals surface area contributed by atoms with E-state index in [4.69, 9.17) is 9.47 Å². The van der Waals surface area contributed by atoms with Crippen LogP contribution in [-0.4, -0.2) is 95.2 Å². The molecule has 3 aromatic heterocycles. The van der Waals surface area contributed by atoms with E-state index in [2.05, 4.69) is 30.1 Å². The number of aromatic amines is 1. The highest BCUT2D eigenvalue weighted by molar-refractivity contribution is 7.90. The van der Waals surface area contributed by atoms with Crippen LogP contribution in [0.25, 0.3) is 11.0 Å². The van der Waals surface area contributed by atoms with E-state index in [1.54, 1.807) is 38.1 Å². The smallest absolute Gasteiger partial charge is 0.312 e. The number of aliphatic hydroxyl groups is 1. The van der Waals surface area contributed by atoms with Crippen LogP contribution in [-0.2, 0) is 15.9 Å². The Labute approximate surface area is 398 Å². The molecule has 0 radical (unpaired) electrons. The van der Waals surface area contributed by atoms with Crippen molar-refractivity contribution < 1.29 is 45.9 Å². The third-order valence-corrected chi connectivity index (χ3v) is 15.9. The maximum atomic E-state index is 14.9. The molecule has 1 spiro atoms. The maximum Gasteiger partial charge on any atom is 0.312 e. The third-order valence-electron chi connectivity index (χ3n) is 14.6. The lowest BCUT2D eigenvalue weighted by molar-refractivity contribution is -0.384. The number of benzene rings is 2. The molecule has 5 heterocycles. The molecule has 2 aromatic carbocycles. The van der Waals surface area contributed by atoms with Gasteiger partial charge in [0.05, 0.1) is 34.3 Å². The zero-order valence-corrected chi connectivity index (χ0v) is 39.6. The minimum Gasteiger partial charge on any atom is -0.475 e. The number of amides is 1. The number of pyridine rings is 2. The van der Waals surface area contributed by atoms with Gasteiger partial charge in [-0.3, -0.25) is 19.8 Å². The quantitative estimate of drug-likeness (QED) is 0.0572. The van der Waals surface area contributed by atoms with Crippen LogP contribution in [0.5, 0.6) is 17.4 Å². The lowest BCUT2D eigenvalue weighted by Gasteiger charge is -2.57. The van der Waals surface area contributed by atoms with Crippen molar-refractivity contribution in [3.8, 4) is 17.4 Å². The van der Waals surface area contributed by atoms with Gasteiger partial charge in [-0.25, -0.2) is 31.3 Å². The molecule has 5 aromatic rings. The molecule has 69 heavy (non-hydrogen) atoms. The average molecular weight is 975 g/mol. The molecule has 1 amide bonds. The highest BCUT2D eigenvalue weighted by Gasteiger charge is 2.50. The number of sulfonamides is 1. The first kappa shape index (κ1) is 48.1. The Morgan fingerprint density at radius 1 is 1.04 bits per heavy atom. The number of likely N-dealkylation sites (tertiary alicyclic amines) is 1. The molecular formula is C49H57F3N8O8S. The first-order valence-electron chi connectivity index (χ1n) is 23.6. The molecule has 368 valence electrons. The molecular weight excluding hydrogens is 918 g/mol. The van der Waals surface area contributed by atoms with Gasteiger partial charge in [-0.15, -0.1) is 0 Å². The SMILES string of the molecule is CCOc1nc2[nH]cc(F)c2cc1Oc1cc(N2CCC3(CC2)CN([C@@H]2CCC[C@@H]2c2ccccc2C(C)(F)F)C3)ccc1C(=O)NS(=O)(=O)c1cnc(NC[C@H]2CC[C@](C)(O)CC2)c([N+](=O)[O-])c1. The molecule has 2 aliphatic heterocycles. The van der Waals surface area contributed by atoms with Gasteiger partial charge >= 0.3 is 5.69 Å². The van der Waals surface area contributed by atoms with Gasteiger partial charge in [-0.2, -0.15) is 4.98 Å². The van der Waals surface area contributed by atoms with Gasteiger partial charge in [0.25, 0.3) is 27.7 Å². The number of nitrogens with one attached hydrogen (secondary N) is 3. The summed E-state index contributed by atoms with van der Waals surface area (Å²) in [6.07, 6.45) is 9.13. The zero-order valence-electron chi connectivity index (χ0n) is 38.8. The summed E-state index contributed by atoms with van der Waals surface area (Å²) < 4.78 is 86.0. The standard InChI is InChI=1S/C49H57F3N8O8S/c1-4-67-46-42(24-36-38(50)27-55-43(36)56-46)68-41-22-31(58-20-18-49(19-21-58)28-59(29-49)39-11-7-9-34(39)33-8-5-6-10-37(33)48(3,51)52)12-13-35(41)45(61)57-69(65,66)32-23-40(60(63)64)44(54-26-32)53-25-30-14-16-47(2,62)17-15-30/h5-6,8,10,12-13,22-24,26-27,30,34,39,62H,4,7,9,11,14-21,25,28-29H2,1-3H3,(H,53,54)(H,55,56)(H,57,61)/t30-,34-,39-,47-/m1/s1. The van der Waals surface area contributed by atoms with Crippen LogP contribution >= 0.6 is 0 Å². The lowest BCUT2D eigenvalue weighted by atomic mass is 9.70. The number of alkyl halides is 2. The van der Waals surface area contributed by atoms with Gasteiger partial charge in [-0.1, -0.05) is 30.7 Å². The number of hydrogen-bond donors (Lipinski definition) is 4. The summed E-state index contributed by atoms with van der Waals surface area (Å²) in [6, 6.07) is 14.0. The van der Waals surface area contributed by atoms with Gasteiger partial charge in [0.1, 0.15) is 22.1 Å². The Morgan fingerprint density at radius 3 is 2.49 bits per heavy atom. The first-order chi connectivity index (χ1) is 32.8. The number of carbonyl (C=O) groups excluding carboxylic acids is 1. The van der Waals surface area contributed by atoms with Crippen molar-refractivity contribution >= 4 is 44.2 Å². The fourth-order valence-electron chi connectivity index (χ4n) is 10.8. The Kier molecular flexibility index (Phi) is 13.0. The number of aromatic nitrogens is 3. The molecule has 2 saturated carbocycles. The van der Waals surface area contributed by atoms with Gasteiger partial charge in [0.2, 0.25) is 5.82 Å². The molecule has 4 N–H and O–H groups in total. The van der Waals surface area contributed by atoms with Crippen LogP contribution in [0, 0.1) is 27.3 Å². The van der Waals surface area contributed by atoms with E-state index in [9.17, 15) is 41.6 Å². The maximum absolute atomic E-state index is 14.9. The number of piperidine rings is 1. The normalized spacial score (nSPS) is 22.9. The van der Waals surface area contributed by atoms with Crippen LogP contribution < -0.4 is 24.4 Å². The topological polar surface area (TPSA) is 205 Å². The summed E-state index contributed by atoms with van der Waals surface area (Å²) in [4.78, 5) is 40.7. The van der Waals surface area contributed by atoms with Gasteiger partial charge in [-0.05, 0) is 100 Å². The number of nitro groups is 1. The van der Waals surface area contributed by atoms with Crippen LogP contribution in [0.1, 0.15) is 106 Å². The molecule has 4 fully saturated rings. The zero-order chi connectivity index (χ0) is 48.9. The second-order valence-electron chi connectivity index (χ2n) is 19.6. The van der Waals surface area contributed by atoms with Gasteiger partial charge in [0, 0.05) is 81.3 Å². The number of ether oxygens (including phenoxy) is 2. The van der Waals surface area contributed by atoms with Crippen molar-refractivity contribution in [1.82, 2.24) is 24.6 Å². The Morgan fingerprint density at radius 2 is 1.78 bits per heavy atom. The Bertz CT molecular complexity index is 2850. The number of H-pyrrole nitrogens is 1. The van der Waals surface area contributed by atoms with Crippen molar-refractivity contribution in [2.24, 2.45) is 11.3 Å². The van der Waals surface area contributed by atoms with Gasteiger partial charge in [0.15, 0.2) is 5.75 Å². The fourth-order valence-corrected chi connectivity index (χ4v) is 11.7. The number of hydrogen-bond acceptors (Lipinski definition) is 13. The molecule has 4 aliphatic rings. The molecule has 9 rings (SSSR count). The van der Waals surface area contributed by atoms with Crippen LogP contribution in [0.15, 0.2) is 71.9 Å². The van der Waals surface area contributed by atoms with E-state index >= 15 is 0 Å². The molecule has 2 aliphatic carbocycles. The minimum atomic E-state index is -4.76. The second-order valence-corrected chi connectivity index (χ2v) is 21.2. The number of fused-ring (bicyclic) bond motifs is 1. The number of halogens is 3. The average Bonchev–Trinajstić information content (AvgIpc) is 3.93. The lowest BCUT2D eigenvalue weighted by Crippen LogP contribution is -2.63. The first-order valence-corrected chi connectivity index (χ1v) is 25.1. The third kappa shape index (κ3) is 10.1. The highest BCUT2D eigenvalue weighted by atomic mass is 32.2. The Hall–Kier alpha value is -5.99. The van der Waals surface area contributed by atoms with Crippen LogP contribution in [0.4, 0.5) is 30.4 Å². The number of carbonyl (C=O) groups is 1. The van der Waals surface area contributed by atoms with E-state index in [0.29, 0.717) is 51.0 Å². The number of rotatable bonds is 15. The second kappa shape index (κ2) is 18.7. The molecule has 20 heteroatoms. The number of nitrogens with zero attached hydrogens (tertiary/aromatic N) is 5. The Balaban J connectivity index is 0.934. The van der Waals surface area contributed by atoms with E-state index in [1.165, 1.54) is 12.1 Å². The largest absolute Gasteiger partial charge is 0.475 e. The summed E-state index contributed by atoms with van der Waals surface area (Å²) in [5.41, 5.74) is 0.183. The summed E-state index contributed by atoms with van der Waals surface area (Å²) >= 11 is 0. The molecule has 0 bridgehead atoms. The van der Waals surface area contributed by atoms with E-state index in [-0.39, 0.29) is 75.3 Å². The summed E-state index contributed by atoms with van der Waals surface area (Å²) in [5.74, 6) is -4.76. The van der Waals surface area contributed by atoms with Crippen molar-refractivity contribution in [2.75, 3.05) is 49.5 Å². The summed E-state index contributed by atoms with van der Waals surface area (Å²) in [6.45, 7) is 7.99. The van der Waals surface area contributed by atoms with Crippen molar-refractivity contribution in [2.45, 2.75) is 107 Å². The summed E-state index contributed by atoms with van der Waals surface area (Å²) in [5, 5.41) is 25.5. The monoisotopic (exact) mass is 974 g/mol. The van der Waals surface area contributed by atoms with Crippen molar-refractivity contribution in [3.05, 3.63) is 99.6 Å². The van der Waals surface area contributed by atoms with E-state index in [0.717, 1.165) is 76.1 Å². The predicted molar refractivity (Wildman–Crippen MR) is 252 cm³/mol. The van der Waals surface area contributed by atoms with E-state index in [1.807, 2.05) is 16.9 Å². The molecule has 16 nitrogen and oxygen atoms in total. The van der Waals surface area contributed by atoms with Gasteiger partial charge < -0.3 is 29.8 Å². The summed E-state index contributed by atoms with van der Waals surface area (Å²) in [7, 11) is -4.76. The predicted octanol–water partition coefficient (Wildman–Crippen LogP) is 9.02. The van der Waals surface area contributed by atoms with Crippen LogP contribution in [0.2, 0.25) is 0 Å². The molecule has 2 atom stereocenters. The minimum absolute atomic E-state index is 0.00970. The molecule has 2 saturated heterocycles. The number of anilines is 2. The van der Waals surface area contributed by atoms with Crippen molar-refractivity contribution in [3.63, 3.8) is 0 Å². The van der Waals surface area contributed by atoms with Crippen molar-refractivity contribution in [1.29, 1.82) is 0 Å². The van der Waals surface area contributed by atoms with Crippen LogP contribution in [0.3, 0.4) is 0 Å². The highest BCUT2D eigenvalue weighted by Crippen LogP contribution is 2.50. The van der Waals surface area contributed by atoms with E-state index < -0.39 is 48.8 Å².